The third kappa shape index (κ3) is 1.67. The summed E-state index contributed by atoms with van der Waals surface area (Å²) < 4.78 is 0. The Labute approximate surface area is 85.1 Å². The minimum Gasteiger partial charge on any atom is -0.480 e. The van der Waals surface area contributed by atoms with Crippen LogP contribution in [0.4, 0.5) is 0 Å². The molecule has 1 aromatic heterocycles. The van der Waals surface area contributed by atoms with E-state index in [1.54, 1.807) is 0 Å². The van der Waals surface area contributed by atoms with E-state index in [9.17, 15) is 9.59 Å². The summed E-state index contributed by atoms with van der Waals surface area (Å²) in [6.07, 6.45) is 2.42. The lowest BCUT2D eigenvalue weighted by Crippen LogP contribution is -2.40. The molecule has 1 atom stereocenters. The number of aromatic nitrogens is 3. The number of nitrogens with zero attached hydrogens (tertiary/aromatic N) is 3. The summed E-state index contributed by atoms with van der Waals surface area (Å²) in [5.41, 5.74) is 0. The van der Waals surface area contributed by atoms with Crippen molar-refractivity contribution in [3.63, 3.8) is 0 Å². The van der Waals surface area contributed by atoms with Crippen LogP contribution in [0.15, 0.2) is 6.33 Å². The smallest absolute Gasteiger partial charge is 0.326 e. The average Bonchev–Trinajstić information content (AvgIpc) is 2.88. The van der Waals surface area contributed by atoms with Crippen LogP contribution in [-0.2, 0) is 4.79 Å². The second-order valence-corrected chi connectivity index (χ2v) is 3.33. The molecule has 1 saturated heterocycles. The van der Waals surface area contributed by atoms with E-state index in [4.69, 9.17) is 5.11 Å². The van der Waals surface area contributed by atoms with Crippen LogP contribution in [0.2, 0.25) is 0 Å². The fourth-order valence-electron chi connectivity index (χ4n) is 1.71. The van der Waals surface area contributed by atoms with Crippen molar-refractivity contribution in [2.45, 2.75) is 18.9 Å². The average molecular weight is 210 g/mol. The summed E-state index contributed by atoms with van der Waals surface area (Å²) in [4.78, 5) is 27.6. The molecule has 0 radical (unpaired) electrons. The van der Waals surface area contributed by atoms with Crippen molar-refractivity contribution in [3.8, 4) is 0 Å². The monoisotopic (exact) mass is 210 g/mol. The van der Waals surface area contributed by atoms with Gasteiger partial charge in [-0.05, 0) is 12.8 Å². The van der Waals surface area contributed by atoms with Crippen molar-refractivity contribution < 1.29 is 14.7 Å². The number of carboxylic acid groups (broad SMARTS) is 1. The van der Waals surface area contributed by atoms with Crippen LogP contribution in [-0.4, -0.2) is 49.7 Å². The maximum absolute atomic E-state index is 11.8. The number of rotatable bonds is 2. The van der Waals surface area contributed by atoms with Crippen molar-refractivity contribution in [3.05, 3.63) is 12.2 Å². The molecule has 0 bridgehead atoms. The van der Waals surface area contributed by atoms with E-state index < -0.39 is 17.9 Å². The number of H-pyrrole nitrogens is 1. The molecule has 0 aliphatic carbocycles. The highest BCUT2D eigenvalue weighted by molar-refractivity contribution is 5.93. The number of aromatic amines is 1. The van der Waals surface area contributed by atoms with Crippen LogP contribution in [0.3, 0.4) is 0 Å². The number of hydrogen-bond donors (Lipinski definition) is 2. The second-order valence-electron chi connectivity index (χ2n) is 3.33. The van der Waals surface area contributed by atoms with Gasteiger partial charge in [-0.25, -0.2) is 9.78 Å². The molecule has 0 unspecified atom stereocenters. The molecular weight excluding hydrogens is 200 g/mol. The minimum absolute atomic E-state index is 0.0863. The zero-order chi connectivity index (χ0) is 10.8. The number of aliphatic carboxylic acids is 1. The van der Waals surface area contributed by atoms with Gasteiger partial charge in [-0.2, -0.15) is 5.10 Å². The van der Waals surface area contributed by atoms with Gasteiger partial charge in [0, 0.05) is 6.54 Å². The molecule has 1 aliphatic rings. The van der Waals surface area contributed by atoms with Crippen molar-refractivity contribution >= 4 is 11.9 Å². The molecule has 2 N–H and O–H groups in total. The van der Waals surface area contributed by atoms with Gasteiger partial charge in [0.05, 0.1) is 0 Å². The largest absolute Gasteiger partial charge is 0.480 e. The molecule has 1 amide bonds. The quantitative estimate of drug-likeness (QED) is 0.685. The van der Waals surface area contributed by atoms with E-state index in [1.165, 1.54) is 11.2 Å². The van der Waals surface area contributed by atoms with Crippen molar-refractivity contribution in [2.24, 2.45) is 0 Å². The van der Waals surface area contributed by atoms with Crippen LogP contribution in [0.25, 0.3) is 0 Å². The molecule has 80 valence electrons. The minimum atomic E-state index is -0.972. The predicted octanol–water partition coefficient (Wildman–Crippen LogP) is -0.506. The number of nitrogens with one attached hydrogen (secondary N) is 1. The van der Waals surface area contributed by atoms with Crippen LogP contribution in [0.5, 0.6) is 0 Å². The van der Waals surface area contributed by atoms with Gasteiger partial charge in [0.15, 0.2) is 0 Å². The van der Waals surface area contributed by atoms with Crippen molar-refractivity contribution in [2.75, 3.05) is 6.54 Å². The molecule has 7 heteroatoms. The fraction of sp³-hybridized carbons (Fsp3) is 0.500. The molecular formula is C8H10N4O3. The molecule has 15 heavy (non-hydrogen) atoms. The van der Waals surface area contributed by atoms with Crippen molar-refractivity contribution in [1.82, 2.24) is 20.1 Å². The van der Waals surface area contributed by atoms with Gasteiger partial charge in [-0.15, -0.1) is 0 Å². The van der Waals surface area contributed by atoms with E-state index >= 15 is 0 Å². The van der Waals surface area contributed by atoms with E-state index in [1.807, 2.05) is 0 Å². The number of hydrogen-bond acceptors (Lipinski definition) is 4. The zero-order valence-corrected chi connectivity index (χ0v) is 7.88. The van der Waals surface area contributed by atoms with Crippen LogP contribution < -0.4 is 0 Å². The molecule has 7 nitrogen and oxygen atoms in total. The van der Waals surface area contributed by atoms with Gasteiger partial charge in [-0.3, -0.25) is 9.89 Å². The second kappa shape index (κ2) is 3.68. The number of likely N-dealkylation sites (tertiary alicyclic amines) is 1. The van der Waals surface area contributed by atoms with Gasteiger partial charge < -0.3 is 10.0 Å². The molecule has 0 saturated carbocycles. The van der Waals surface area contributed by atoms with Crippen molar-refractivity contribution in [1.29, 1.82) is 0 Å². The Bertz CT molecular complexity index is 375. The molecule has 1 fully saturated rings. The van der Waals surface area contributed by atoms with Crippen LogP contribution in [0, 0.1) is 0 Å². The Morgan fingerprint density at radius 3 is 3.00 bits per heavy atom. The summed E-state index contributed by atoms with van der Waals surface area (Å²) in [5, 5.41) is 14.9. The highest BCUT2D eigenvalue weighted by Crippen LogP contribution is 2.18. The molecule has 0 spiro atoms. The third-order valence-electron chi connectivity index (χ3n) is 2.42. The molecule has 2 heterocycles. The fourth-order valence-corrected chi connectivity index (χ4v) is 1.71. The molecule has 2 rings (SSSR count). The van der Waals surface area contributed by atoms with Gasteiger partial charge in [0.2, 0.25) is 5.82 Å². The lowest BCUT2D eigenvalue weighted by atomic mass is 10.2. The van der Waals surface area contributed by atoms with E-state index in [0.29, 0.717) is 19.4 Å². The van der Waals surface area contributed by atoms with E-state index in [-0.39, 0.29) is 5.82 Å². The topological polar surface area (TPSA) is 99.2 Å². The lowest BCUT2D eigenvalue weighted by Gasteiger charge is -2.19. The summed E-state index contributed by atoms with van der Waals surface area (Å²) in [7, 11) is 0. The van der Waals surface area contributed by atoms with Gasteiger partial charge in [0.25, 0.3) is 5.91 Å². The van der Waals surface area contributed by atoms with Gasteiger partial charge >= 0.3 is 5.97 Å². The SMILES string of the molecule is O=C(O)[C@H]1CCCN1C(=O)c1ncn[nH]1. The summed E-state index contributed by atoms with van der Waals surface area (Å²) in [6, 6.07) is -0.734. The highest BCUT2D eigenvalue weighted by Gasteiger charge is 2.35. The Morgan fingerprint density at radius 2 is 2.40 bits per heavy atom. The summed E-state index contributed by atoms with van der Waals surface area (Å²) >= 11 is 0. The third-order valence-corrected chi connectivity index (χ3v) is 2.42. The first-order chi connectivity index (χ1) is 7.20. The number of carboxylic acids is 1. The maximum Gasteiger partial charge on any atom is 0.326 e. The molecule has 1 aliphatic heterocycles. The predicted molar refractivity (Wildman–Crippen MR) is 48.1 cm³/mol. The lowest BCUT2D eigenvalue weighted by molar-refractivity contribution is -0.141. The molecule has 0 aromatic carbocycles. The Balaban J connectivity index is 2.17. The van der Waals surface area contributed by atoms with Gasteiger partial charge in [-0.1, -0.05) is 0 Å². The van der Waals surface area contributed by atoms with E-state index in [2.05, 4.69) is 15.2 Å². The number of amides is 1. The van der Waals surface area contributed by atoms with Gasteiger partial charge in [0.1, 0.15) is 12.4 Å². The van der Waals surface area contributed by atoms with Crippen LogP contribution >= 0.6 is 0 Å². The normalized spacial score (nSPS) is 20.5. The van der Waals surface area contributed by atoms with Crippen LogP contribution in [0.1, 0.15) is 23.5 Å². The number of carbonyl (C=O) groups excluding carboxylic acids is 1. The first-order valence-corrected chi connectivity index (χ1v) is 4.59. The number of carbonyl (C=O) groups is 2. The highest BCUT2D eigenvalue weighted by atomic mass is 16.4. The summed E-state index contributed by atoms with van der Waals surface area (Å²) in [5.74, 6) is -1.29. The zero-order valence-electron chi connectivity index (χ0n) is 7.88. The maximum atomic E-state index is 11.8. The first kappa shape index (κ1) is 9.63. The standard InChI is InChI=1S/C8H10N4O3/c13-7(6-9-4-10-11-6)12-3-1-2-5(12)8(14)15/h4-5H,1-3H2,(H,14,15)(H,9,10,11)/t5-/m1/s1. The first-order valence-electron chi connectivity index (χ1n) is 4.59. The molecule has 1 aromatic rings. The Hall–Kier alpha value is -1.92. The summed E-state index contributed by atoms with van der Waals surface area (Å²) in [6.45, 7) is 0.455. The Morgan fingerprint density at radius 1 is 1.60 bits per heavy atom. The van der Waals surface area contributed by atoms with E-state index in [0.717, 1.165) is 0 Å². The Kier molecular flexibility index (Phi) is 2.36.